The molecule has 0 fully saturated rings. The van der Waals surface area contributed by atoms with E-state index in [1.165, 1.54) is 12.7 Å². The van der Waals surface area contributed by atoms with Gasteiger partial charge < -0.3 is 9.47 Å². The van der Waals surface area contributed by atoms with Crippen molar-refractivity contribution in [1.82, 2.24) is 0 Å². The fourth-order valence-electron chi connectivity index (χ4n) is 2.45. The van der Waals surface area contributed by atoms with Gasteiger partial charge in [-0.15, -0.1) is 0 Å². The van der Waals surface area contributed by atoms with Gasteiger partial charge in [0.05, 0.1) is 7.11 Å². The van der Waals surface area contributed by atoms with Crippen LogP contribution in [0.2, 0.25) is 0 Å². The van der Waals surface area contributed by atoms with Gasteiger partial charge >= 0.3 is 6.16 Å². The molecule has 0 N–H and O–H groups in total. The summed E-state index contributed by atoms with van der Waals surface area (Å²) in [4.78, 5) is 11.2. The molecule has 1 aliphatic rings. The van der Waals surface area contributed by atoms with Crippen LogP contribution < -0.4 is 0 Å². The summed E-state index contributed by atoms with van der Waals surface area (Å²) in [5.41, 5.74) is 0.839. The molecular formula is C12H20O3. The Bertz CT molecular complexity index is 281. The van der Waals surface area contributed by atoms with Crippen LogP contribution in [0.3, 0.4) is 0 Å². The van der Waals surface area contributed by atoms with Crippen LogP contribution in [-0.4, -0.2) is 18.9 Å². The second kappa shape index (κ2) is 4.25. The Hall–Kier alpha value is -0.990. The van der Waals surface area contributed by atoms with Gasteiger partial charge in [0.25, 0.3) is 0 Å². The maximum Gasteiger partial charge on any atom is 0.508 e. The second-order valence-electron chi connectivity index (χ2n) is 4.83. The third-order valence-electron chi connectivity index (χ3n) is 3.00. The Kier molecular flexibility index (Phi) is 3.42. The molecule has 0 heterocycles. The van der Waals surface area contributed by atoms with Crippen molar-refractivity contribution in [3.05, 3.63) is 11.6 Å². The molecule has 2 atom stereocenters. The van der Waals surface area contributed by atoms with Gasteiger partial charge in [0.1, 0.15) is 5.60 Å². The van der Waals surface area contributed by atoms with E-state index in [0.717, 1.165) is 6.42 Å². The quantitative estimate of drug-likeness (QED) is 0.521. The molecular weight excluding hydrogens is 192 g/mol. The number of hydrogen-bond acceptors (Lipinski definition) is 3. The SMILES string of the molecule is COC(=O)OC1(C)CC(C)=CC1C(C)C. The molecule has 0 aromatic carbocycles. The summed E-state index contributed by atoms with van der Waals surface area (Å²) in [5.74, 6) is 0.730. The van der Waals surface area contributed by atoms with E-state index in [9.17, 15) is 4.79 Å². The van der Waals surface area contributed by atoms with E-state index in [4.69, 9.17) is 4.74 Å². The number of carbonyl (C=O) groups excluding carboxylic acids is 1. The molecule has 1 rings (SSSR count). The van der Waals surface area contributed by atoms with Crippen molar-refractivity contribution in [2.24, 2.45) is 11.8 Å². The average Bonchev–Trinajstić information content (AvgIpc) is 2.41. The summed E-state index contributed by atoms with van der Waals surface area (Å²) in [5, 5.41) is 0. The zero-order chi connectivity index (χ0) is 11.6. The van der Waals surface area contributed by atoms with Crippen molar-refractivity contribution in [3.8, 4) is 0 Å². The minimum atomic E-state index is -0.591. The summed E-state index contributed by atoms with van der Waals surface area (Å²) >= 11 is 0. The molecule has 1 aliphatic carbocycles. The number of rotatable bonds is 2. The molecule has 3 nitrogen and oxygen atoms in total. The van der Waals surface area contributed by atoms with Crippen molar-refractivity contribution < 1.29 is 14.3 Å². The van der Waals surface area contributed by atoms with E-state index in [1.807, 2.05) is 6.92 Å². The van der Waals surface area contributed by atoms with Crippen LogP contribution in [-0.2, 0) is 9.47 Å². The highest BCUT2D eigenvalue weighted by molar-refractivity contribution is 5.60. The molecule has 0 spiro atoms. The van der Waals surface area contributed by atoms with E-state index in [2.05, 4.69) is 31.6 Å². The minimum absolute atomic E-state index is 0.275. The van der Waals surface area contributed by atoms with Crippen LogP contribution in [0.25, 0.3) is 0 Å². The number of carbonyl (C=O) groups is 1. The van der Waals surface area contributed by atoms with Crippen molar-refractivity contribution in [2.75, 3.05) is 7.11 Å². The zero-order valence-corrected chi connectivity index (χ0v) is 10.2. The topological polar surface area (TPSA) is 35.5 Å². The summed E-state index contributed by atoms with van der Waals surface area (Å²) in [6, 6.07) is 0. The first kappa shape index (κ1) is 12.1. The lowest BCUT2D eigenvalue weighted by molar-refractivity contribution is -0.0430. The third-order valence-corrected chi connectivity index (χ3v) is 3.00. The maximum absolute atomic E-state index is 11.2. The number of ether oxygens (including phenoxy) is 2. The van der Waals surface area contributed by atoms with Gasteiger partial charge in [-0.2, -0.15) is 0 Å². The summed E-state index contributed by atoms with van der Waals surface area (Å²) in [7, 11) is 1.34. The predicted molar refractivity (Wildman–Crippen MR) is 58.6 cm³/mol. The third kappa shape index (κ3) is 2.52. The molecule has 86 valence electrons. The van der Waals surface area contributed by atoms with Gasteiger partial charge in [0.15, 0.2) is 0 Å². The van der Waals surface area contributed by atoms with Crippen LogP contribution in [0.1, 0.15) is 34.1 Å². The molecule has 15 heavy (non-hydrogen) atoms. The van der Waals surface area contributed by atoms with Crippen LogP contribution >= 0.6 is 0 Å². The van der Waals surface area contributed by atoms with Crippen LogP contribution in [0, 0.1) is 11.8 Å². The van der Waals surface area contributed by atoms with Gasteiger partial charge in [-0.1, -0.05) is 25.5 Å². The Balaban J connectivity index is 2.80. The fourth-order valence-corrected chi connectivity index (χ4v) is 2.45. The Morgan fingerprint density at radius 1 is 1.60 bits per heavy atom. The Morgan fingerprint density at radius 2 is 2.20 bits per heavy atom. The second-order valence-corrected chi connectivity index (χ2v) is 4.83. The molecule has 3 heteroatoms. The summed E-state index contributed by atoms with van der Waals surface area (Å²) < 4.78 is 9.94. The van der Waals surface area contributed by atoms with E-state index in [1.54, 1.807) is 0 Å². The normalized spacial score (nSPS) is 30.3. The molecule has 0 saturated heterocycles. The van der Waals surface area contributed by atoms with E-state index in [0.29, 0.717) is 5.92 Å². The first-order valence-electron chi connectivity index (χ1n) is 5.33. The molecule has 2 unspecified atom stereocenters. The highest BCUT2D eigenvalue weighted by atomic mass is 16.7. The molecule has 0 aromatic rings. The van der Waals surface area contributed by atoms with Gasteiger partial charge in [-0.05, 0) is 19.8 Å². The standard InChI is InChI=1S/C12H20O3/c1-8(2)10-6-9(3)7-12(10,4)15-11(13)14-5/h6,8,10H,7H2,1-5H3. The first-order chi connectivity index (χ1) is 6.89. The summed E-state index contributed by atoms with van der Waals surface area (Å²) in [6.07, 6.45) is 2.41. The fraction of sp³-hybridized carbons (Fsp3) is 0.750. The Morgan fingerprint density at radius 3 is 2.67 bits per heavy atom. The largest absolute Gasteiger partial charge is 0.508 e. The van der Waals surface area contributed by atoms with E-state index in [-0.39, 0.29) is 5.92 Å². The van der Waals surface area contributed by atoms with Gasteiger partial charge in [-0.3, -0.25) is 0 Å². The lowest BCUT2D eigenvalue weighted by Gasteiger charge is -2.33. The highest BCUT2D eigenvalue weighted by Crippen LogP contribution is 2.41. The molecule has 0 aromatic heterocycles. The monoisotopic (exact) mass is 212 g/mol. The minimum Gasteiger partial charge on any atom is -0.438 e. The molecule has 0 saturated carbocycles. The van der Waals surface area contributed by atoms with Crippen LogP contribution in [0.5, 0.6) is 0 Å². The van der Waals surface area contributed by atoms with Gasteiger partial charge in [0, 0.05) is 12.3 Å². The smallest absolute Gasteiger partial charge is 0.438 e. The van der Waals surface area contributed by atoms with Crippen molar-refractivity contribution in [1.29, 1.82) is 0 Å². The van der Waals surface area contributed by atoms with Crippen LogP contribution in [0.4, 0.5) is 4.79 Å². The molecule has 0 aliphatic heterocycles. The van der Waals surface area contributed by atoms with Crippen molar-refractivity contribution in [3.63, 3.8) is 0 Å². The first-order valence-corrected chi connectivity index (χ1v) is 5.33. The highest BCUT2D eigenvalue weighted by Gasteiger charge is 2.43. The molecule has 0 amide bonds. The maximum atomic E-state index is 11.2. The average molecular weight is 212 g/mol. The van der Waals surface area contributed by atoms with Gasteiger partial charge in [0.2, 0.25) is 0 Å². The lowest BCUT2D eigenvalue weighted by Crippen LogP contribution is -2.38. The number of hydrogen-bond donors (Lipinski definition) is 0. The van der Waals surface area contributed by atoms with Crippen molar-refractivity contribution >= 4 is 6.16 Å². The van der Waals surface area contributed by atoms with Crippen molar-refractivity contribution in [2.45, 2.75) is 39.7 Å². The number of methoxy groups -OCH3 is 1. The summed E-state index contributed by atoms with van der Waals surface area (Å²) in [6.45, 7) is 8.32. The predicted octanol–water partition coefficient (Wildman–Crippen LogP) is 3.15. The van der Waals surface area contributed by atoms with E-state index < -0.39 is 11.8 Å². The molecule has 0 bridgehead atoms. The zero-order valence-electron chi connectivity index (χ0n) is 10.2. The van der Waals surface area contributed by atoms with E-state index >= 15 is 0 Å². The van der Waals surface area contributed by atoms with Gasteiger partial charge in [-0.25, -0.2) is 4.79 Å². The lowest BCUT2D eigenvalue weighted by atomic mass is 9.83. The molecule has 0 radical (unpaired) electrons. The van der Waals surface area contributed by atoms with Crippen LogP contribution in [0.15, 0.2) is 11.6 Å². The Labute approximate surface area is 91.4 Å².